The van der Waals surface area contributed by atoms with Gasteiger partial charge in [-0.15, -0.1) is 5.10 Å². The lowest BCUT2D eigenvalue weighted by molar-refractivity contribution is 0.488. The molecule has 2 rings (SSSR count). The van der Waals surface area contributed by atoms with Gasteiger partial charge in [0.15, 0.2) is 15.8 Å². The van der Waals surface area contributed by atoms with Crippen LogP contribution >= 0.6 is 12.2 Å². The average Bonchev–Trinajstić information content (AvgIpc) is 2.63. The average molecular weight is 237 g/mol. The molecule has 0 aliphatic carbocycles. The predicted molar refractivity (Wildman–Crippen MR) is 64.6 cm³/mol. The molecule has 0 unspecified atom stereocenters. The third kappa shape index (κ3) is 2.27. The number of aromatic nitrogens is 5. The molecule has 1 N–H and O–H groups in total. The van der Waals surface area contributed by atoms with Gasteiger partial charge in [-0.3, -0.25) is 0 Å². The molecule has 0 amide bonds. The third-order valence-corrected chi connectivity index (χ3v) is 2.77. The molecule has 0 aromatic carbocycles. The molecule has 0 saturated heterocycles. The van der Waals surface area contributed by atoms with E-state index in [0.29, 0.717) is 10.2 Å². The Hall–Kier alpha value is -1.30. The third-order valence-electron chi connectivity index (χ3n) is 2.47. The first-order chi connectivity index (χ1) is 7.68. The van der Waals surface area contributed by atoms with E-state index < -0.39 is 0 Å². The van der Waals surface area contributed by atoms with Crippen molar-refractivity contribution in [3.63, 3.8) is 0 Å². The number of aromatic amines is 1. The fraction of sp³-hybridized carbons (Fsp3) is 0.600. The van der Waals surface area contributed by atoms with Crippen LogP contribution in [-0.4, -0.2) is 25.0 Å². The standard InChI is InChI=1S/C10H15N5S/c1-7(2)4-3-5-15-9-8(13-14-15)10(16)12-6-11-9/h6-7H,3-5H2,1-2H3,(H,11,12,16). The number of nitrogens with zero attached hydrogens (tertiary/aromatic N) is 4. The van der Waals surface area contributed by atoms with Gasteiger partial charge in [0.25, 0.3) is 0 Å². The Balaban J connectivity index is 2.19. The lowest BCUT2D eigenvalue weighted by Crippen LogP contribution is -2.02. The first kappa shape index (κ1) is 11.2. The number of fused-ring (bicyclic) bond motifs is 1. The van der Waals surface area contributed by atoms with Crippen molar-refractivity contribution < 1.29 is 0 Å². The van der Waals surface area contributed by atoms with Crippen LogP contribution in [0.4, 0.5) is 0 Å². The molecular weight excluding hydrogens is 222 g/mol. The summed E-state index contributed by atoms with van der Waals surface area (Å²) in [7, 11) is 0. The van der Waals surface area contributed by atoms with Crippen LogP contribution < -0.4 is 0 Å². The summed E-state index contributed by atoms with van der Waals surface area (Å²) >= 11 is 5.07. The number of hydrogen-bond donors (Lipinski definition) is 1. The molecule has 0 saturated carbocycles. The van der Waals surface area contributed by atoms with Crippen molar-refractivity contribution in [1.82, 2.24) is 25.0 Å². The lowest BCUT2D eigenvalue weighted by atomic mass is 10.1. The molecule has 2 aromatic rings. The summed E-state index contributed by atoms with van der Waals surface area (Å²) in [6, 6.07) is 0. The van der Waals surface area contributed by atoms with Crippen LogP contribution in [0.3, 0.4) is 0 Å². The van der Waals surface area contributed by atoms with Gasteiger partial charge in [-0.25, -0.2) is 9.67 Å². The zero-order valence-corrected chi connectivity index (χ0v) is 10.3. The summed E-state index contributed by atoms with van der Waals surface area (Å²) in [5.74, 6) is 0.718. The Bertz CT molecular complexity index is 527. The number of hydrogen-bond acceptors (Lipinski definition) is 4. The van der Waals surface area contributed by atoms with Crippen molar-refractivity contribution >= 4 is 23.4 Å². The van der Waals surface area contributed by atoms with E-state index in [1.165, 1.54) is 6.42 Å². The second kappa shape index (κ2) is 4.69. The Morgan fingerprint density at radius 2 is 2.31 bits per heavy atom. The molecule has 2 aromatic heterocycles. The lowest BCUT2D eigenvalue weighted by Gasteiger charge is -2.04. The highest BCUT2D eigenvalue weighted by Crippen LogP contribution is 2.10. The van der Waals surface area contributed by atoms with E-state index >= 15 is 0 Å². The number of nitrogens with one attached hydrogen (secondary N) is 1. The topological polar surface area (TPSA) is 59.4 Å². The molecule has 0 radical (unpaired) electrons. The van der Waals surface area contributed by atoms with Crippen molar-refractivity contribution in [1.29, 1.82) is 0 Å². The first-order valence-corrected chi connectivity index (χ1v) is 5.86. The van der Waals surface area contributed by atoms with Crippen molar-refractivity contribution in [3.8, 4) is 0 Å². The van der Waals surface area contributed by atoms with Crippen LogP contribution in [0.15, 0.2) is 6.33 Å². The van der Waals surface area contributed by atoms with Crippen molar-refractivity contribution in [2.24, 2.45) is 5.92 Å². The van der Waals surface area contributed by atoms with Gasteiger partial charge >= 0.3 is 0 Å². The van der Waals surface area contributed by atoms with Crippen LogP contribution in [0.25, 0.3) is 11.2 Å². The molecule has 0 spiro atoms. The minimum Gasteiger partial charge on any atom is -0.329 e. The minimum atomic E-state index is 0.504. The maximum Gasteiger partial charge on any atom is 0.166 e. The Morgan fingerprint density at radius 1 is 1.50 bits per heavy atom. The van der Waals surface area contributed by atoms with Crippen molar-refractivity contribution in [2.75, 3.05) is 0 Å². The summed E-state index contributed by atoms with van der Waals surface area (Å²) < 4.78 is 2.36. The van der Waals surface area contributed by atoms with Crippen LogP contribution in [0.2, 0.25) is 0 Å². The first-order valence-electron chi connectivity index (χ1n) is 5.45. The monoisotopic (exact) mass is 237 g/mol. The molecule has 86 valence electrons. The summed E-state index contributed by atoms with van der Waals surface area (Å²) in [5, 5.41) is 8.11. The van der Waals surface area contributed by atoms with Gasteiger partial charge in [0.05, 0.1) is 6.33 Å². The van der Waals surface area contributed by atoms with Crippen LogP contribution in [-0.2, 0) is 6.54 Å². The van der Waals surface area contributed by atoms with E-state index in [4.69, 9.17) is 12.2 Å². The van der Waals surface area contributed by atoms with Gasteiger partial charge in [-0.2, -0.15) is 0 Å². The molecule has 16 heavy (non-hydrogen) atoms. The Kier molecular flexibility index (Phi) is 3.28. The molecule has 0 aliphatic rings. The summed E-state index contributed by atoms with van der Waals surface area (Å²) in [4.78, 5) is 7.01. The van der Waals surface area contributed by atoms with Gasteiger partial charge in [0.1, 0.15) is 0 Å². The zero-order chi connectivity index (χ0) is 11.5. The van der Waals surface area contributed by atoms with Crippen molar-refractivity contribution in [2.45, 2.75) is 33.2 Å². The molecule has 2 heterocycles. The summed E-state index contributed by atoms with van der Waals surface area (Å²) in [6.45, 7) is 5.30. The summed E-state index contributed by atoms with van der Waals surface area (Å²) in [5.41, 5.74) is 1.55. The number of rotatable bonds is 4. The maximum absolute atomic E-state index is 5.07. The maximum atomic E-state index is 5.07. The highest BCUT2D eigenvalue weighted by Gasteiger charge is 2.06. The molecule has 0 aliphatic heterocycles. The Labute approximate surface area is 98.9 Å². The van der Waals surface area contributed by atoms with Crippen molar-refractivity contribution in [3.05, 3.63) is 11.0 Å². The van der Waals surface area contributed by atoms with E-state index in [0.717, 1.165) is 24.5 Å². The predicted octanol–water partition coefficient (Wildman–Crippen LogP) is 2.32. The van der Waals surface area contributed by atoms with Crippen LogP contribution in [0, 0.1) is 10.6 Å². The highest BCUT2D eigenvalue weighted by atomic mass is 32.1. The second-order valence-corrected chi connectivity index (χ2v) is 4.64. The van der Waals surface area contributed by atoms with E-state index in [2.05, 4.69) is 34.1 Å². The van der Waals surface area contributed by atoms with Gasteiger partial charge in [0.2, 0.25) is 0 Å². The number of aryl methyl sites for hydroxylation is 1. The minimum absolute atomic E-state index is 0.504. The van der Waals surface area contributed by atoms with E-state index in [9.17, 15) is 0 Å². The van der Waals surface area contributed by atoms with Gasteiger partial charge < -0.3 is 4.98 Å². The molecule has 5 nitrogen and oxygen atoms in total. The van der Waals surface area contributed by atoms with Crippen LogP contribution in [0.5, 0.6) is 0 Å². The van der Waals surface area contributed by atoms with E-state index in [1.807, 2.05) is 4.68 Å². The SMILES string of the molecule is CC(C)CCCn1nnc2c(=S)nc[nH]c21. The molecule has 0 atom stereocenters. The summed E-state index contributed by atoms with van der Waals surface area (Å²) in [6.07, 6.45) is 3.87. The quantitative estimate of drug-likeness (QED) is 0.829. The van der Waals surface area contributed by atoms with E-state index in [-0.39, 0.29) is 0 Å². The number of H-pyrrole nitrogens is 1. The second-order valence-electron chi connectivity index (χ2n) is 4.25. The largest absolute Gasteiger partial charge is 0.329 e. The molecule has 6 heteroatoms. The molecule has 0 fully saturated rings. The Morgan fingerprint density at radius 3 is 3.06 bits per heavy atom. The van der Waals surface area contributed by atoms with Gasteiger partial charge in [-0.05, 0) is 18.8 Å². The fourth-order valence-electron chi connectivity index (χ4n) is 1.62. The zero-order valence-electron chi connectivity index (χ0n) is 9.47. The van der Waals surface area contributed by atoms with Gasteiger partial charge in [0, 0.05) is 6.54 Å². The smallest absolute Gasteiger partial charge is 0.166 e. The molecular formula is C10H15N5S. The van der Waals surface area contributed by atoms with Gasteiger partial charge in [-0.1, -0.05) is 31.3 Å². The normalized spacial score (nSPS) is 11.4. The fourth-order valence-corrected chi connectivity index (χ4v) is 1.81. The molecule has 0 bridgehead atoms. The van der Waals surface area contributed by atoms with E-state index in [1.54, 1.807) is 6.33 Å². The highest BCUT2D eigenvalue weighted by molar-refractivity contribution is 7.71. The van der Waals surface area contributed by atoms with Crippen LogP contribution in [0.1, 0.15) is 26.7 Å².